The minimum atomic E-state index is -0.163. The highest BCUT2D eigenvalue weighted by atomic mass is 79.9. The first-order valence-electron chi connectivity index (χ1n) is 6.20. The third kappa shape index (κ3) is 3.29. The molecule has 0 bridgehead atoms. The van der Waals surface area contributed by atoms with Crippen LogP contribution in [0, 0.1) is 0 Å². The number of nitrogens with zero attached hydrogens (tertiary/aromatic N) is 2. The summed E-state index contributed by atoms with van der Waals surface area (Å²) in [6.45, 7) is 2.80. The highest BCUT2D eigenvalue weighted by Gasteiger charge is 2.22. The van der Waals surface area contributed by atoms with E-state index in [0.717, 1.165) is 22.3 Å². The molecule has 0 aliphatic heterocycles. The Bertz CT molecular complexity index is 594. The summed E-state index contributed by atoms with van der Waals surface area (Å²) in [5.74, 6) is 0.498. The van der Waals surface area contributed by atoms with Gasteiger partial charge in [0.05, 0.1) is 13.2 Å². The number of ether oxygens (including phenoxy) is 1. The van der Waals surface area contributed by atoms with Crippen molar-refractivity contribution in [1.29, 1.82) is 0 Å². The molecular weight excluding hydrogens is 342 g/mol. The van der Waals surface area contributed by atoms with Gasteiger partial charge in [0.15, 0.2) is 0 Å². The van der Waals surface area contributed by atoms with Crippen LogP contribution in [0.4, 0.5) is 0 Å². The van der Waals surface area contributed by atoms with Crippen LogP contribution in [-0.2, 0) is 0 Å². The normalized spacial score (nSPS) is 12.2. The third-order valence-corrected chi connectivity index (χ3v) is 3.66. The Balaban J connectivity index is 2.50. The smallest absolute Gasteiger partial charge is 0.237 e. The van der Waals surface area contributed by atoms with E-state index in [4.69, 9.17) is 16.3 Å². The van der Waals surface area contributed by atoms with Crippen LogP contribution in [0.1, 0.15) is 24.2 Å². The van der Waals surface area contributed by atoms with Crippen molar-refractivity contribution in [3.63, 3.8) is 0 Å². The number of benzene rings is 1. The monoisotopic (exact) mass is 355 g/mol. The summed E-state index contributed by atoms with van der Waals surface area (Å²) in [6.07, 6.45) is 3.25. The van der Waals surface area contributed by atoms with Crippen LogP contribution >= 0.6 is 27.5 Å². The SMILES string of the molecule is CCNC(c1ccc(Br)cc1Cl)c1nccnc1OC. The second-order valence-electron chi connectivity index (χ2n) is 4.11. The van der Waals surface area contributed by atoms with Crippen molar-refractivity contribution in [2.24, 2.45) is 0 Å². The summed E-state index contributed by atoms with van der Waals surface area (Å²) in [5, 5.41) is 4.03. The number of nitrogens with one attached hydrogen (secondary N) is 1. The maximum absolute atomic E-state index is 6.35. The number of hydrogen-bond acceptors (Lipinski definition) is 4. The zero-order valence-electron chi connectivity index (χ0n) is 11.2. The van der Waals surface area contributed by atoms with E-state index in [1.807, 2.05) is 25.1 Å². The van der Waals surface area contributed by atoms with Gasteiger partial charge in [0, 0.05) is 21.9 Å². The van der Waals surface area contributed by atoms with Crippen LogP contribution in [0.15, 0.2) is 35.1 Å². The lowest BCUT2D eigenvalue weighted by Crippen LogP contribution is -2.24. The van der Waals surface area contributed by atoms with E-state index >= 15 is 0 Å². The molecular formula is C14H15BrClN3O. The molecule has 2 aromatic rings. The van der Waals surface area contributed by atoms with Crippen LogP contribution in [0.25, 0.3) is 0 Å². The quantitative estimate of drug-likeness (QED) is 0.889. The minimum Gasteiger partial charge on any atom is -0.480 e. The summed E-state index contributed by atoms with van der Waals surface area (Å²) in [4.78, 5) is 8.58. The van der Waals surface area contributed by atoms with Crippen molar-refractivity contribution in [2.45, 2.75) is 13.0 Å². The Kier molecular flexibility index (Phi) is 5.34. The van der Waals surface area contributed by atoms with Gasteiger partial charge in [0.25, 0.3) is 0 Å². The first kappa shape index (κ1) is 15.2. The summed E-state index contributed by atoms with van der Waals surface area (Å²) >= 11 is 9.76. The summed E-state index contributed by atoms with van der Waals surface area (Å²) < 4.78 is 6.23. The highest BCUT2D eigenvalue weighted by molar-refractivity contribution is 9.10. The Morgan fingerprint density at radius 1 is 1.35 bits per heavy atom. The van der Waals surface area contributed by atoms with E-state index in [9.17, 15) is 0 Å². The molecule has 1 aromatic carbocycles. The lowest BCUT2D eigenvalue weighted by atomic mass is 10.0. The van der Waals surface area contributed by atoms with Gasteiger partial charge >= 0.3 is 0 Å². The van der Waals surface area contributed by atoms with Crippen LogP contribution in [0.3, 0.4) is 0 Å². The van der Waals surface area contributed by atoms with Crippen molar-refractivity contribution in [3.05, 3.63) is 51.3 Å². The molecule has 1 aromatic heterocycles. The fourth-order valence-electron chi connectivity index (χ4n) is 1.98. The van der Waals surface area contributed by atoms with Crippen LogP contribution in [0.5, 0.6) is 5.88 Å². The predicted molar refractivity (Wildman–Crippen MR) is 83.3 cm³/mol. The number of hydrogen-bond donors (Lipinski definition) is 1. The molecule has 6 heteroatoms. The van der Waals surface area contributed by atoms with Crippen LogP contribution in [-0.4, -0.2) is 23.6 Å². The van der Waals surface area contributed by atoms with E-state index in [2.05, 4.69) is 31.2 Å². The molecule has 0 saturated heterocycles. The molecule has 0 fully saturated rings. The maximum Gasteiger partial charge on any atom is 0.237 e. The molecule has 1 atom stereocenters. The Morgan fingerprint density at radius 2 is 2.10 bits per heavy atom. The zero-order valence-corrected chi connectivity index (χ0v) is 13.6. The predicted octanol–water partition coefficient (Wildman–Crippen LogP) is 3.60. The zero-order chi connectivity index (χ0) is 14.5. The second-order valence-corrected chi connectivity index (χ2v) is 5.43. The summed E-state index contributed by atoms with van der Waals surface area (Å²) in [7, 11) is 1.58. The second kappa shape index (κ2) is 7.02. The fourth-order valence-corrected chi connectivity index (χ4v) is 2.77. The molecule has 0 aliphatic carbocycles. The highest BCUT2D eigenvalue weighted by Crippen LogP contribution is 2.32. The van der Waals surface area contributed by atoms with Gasteiger partial charge in [-0.2, -0.15) is 0 Å². The molecule has 20 heavy (non-hydrogen) atoms. The first-order chi connectivity index (χ1) is 9.67. The standard InChI is InChI=1S/C14H15BrClN3O/c1-3-17-12(10-5-4-9(15)8-11(10)16)13-14(20-2)19-7-6-18-13/h4-8,12,17H,3H2,1-2H3. The fraction of sp³-hybridized carbons (Fsp3) is 0.286. The van der Waals surface area contributed by atoms with E-state index in [1.165, 1.54) is 0 Å². The van der Waals surface area contributed by atoms with Gasteiger partial charge in [-0.05, 0) is 24.2 Å². The van der Waals surface area contributed by atoms with E-state index in [0.29, 0.717) is 10.9 Å². The molecule has 0 radical (unpaired) electrons. The topological polar surface area (TPSA) is 47.0 Å². The van der Waals surface area contributed by atoms with Crippen molar-refractivity contribution < 1.29 is 4.74 Å². The maximum atomic E-state index is 6.35. The molecule has 1 heterocycles. The third-order valence-electron chi connectivity index (χ3n) is 2.84. The Morgan fingerprint density at radius 3 is 2.75 bits per heavy atom. The molecule has 1 N–H and O–H groups in total. The van der Waals surface area contributed by atoms with Gasteiger partial charge in [0.2, 0.25) is 5.88 Å². The largest absolute Gasteiger partial charge is 0.480 e. The number of halogens is 2. The van der Waals surface area contributed by atoms with Gasteiger partial charge in [0.1, 0.15) is 5.69 Å². The van der Waals surface area contributed by atoms with Gasteiger partial charge in [-0.15, -0.1) is 0 Å². The number of methoxy groups -OCH3 is 1. The van der Waals surface area contributed by atoms with E-state index in [-0.39, 0.29) is 6.04 Å². The van der Waals surface area contributed by atoms with Crippen molar-refractivity contribution in [3.8, 4) is 5.88 Å². The molecule has 0 aliphatic rings. The number of aromatic nitrogens is 2. The molecule has 0 saturated carbocycles. The Hall–Kier alpha value is -1.17. The number of rotatable bonds is 5. The van der Waals surface area contributed by atoms with E-state index in [1.54, 1.807) is 19.5 Å². The van der Waals surface area contributed by atoms with E-state index < -0.39 is 0 Å². The molecule has 0 spiro atoms. The van der Waals surface area contributed by atoms with Crippen molar-refractivity contribution >= 4 is 27.5 Å². The van der Waals surface area contributed by atoms with Gasteiger partial charge in [-0.1, -0.05) is 40.5 Å². The average molecular weight is 357 g/mol. The molecule has 4 nitrogen and oxygen atoms in total. The van der Waals surface area contributed by atoms with Crippen LogP contribution in [0.2, 0.25) is 5.02 Å². The lowest BCUT2D eigenvalue weighted by molar-refractivity contribution is 0.383. The summed E-state index contributed by atoms with van der Waals surface area (Å²) in [5.41, 5.74) is 1.66. The van der Waals surface area contributed by atoms with Gasteiger partial charge in [-0.25, -0.2) is 4.98 Å². The molecule has 106 valence electrons. The summed E-state index contributed by atoms with van der Waals surface area (Å²) in [6, 6.07) is 5.62. The minimum absolute atomic E-state index is 0.163. The molecule has 0 amide bonds. The van der Waals surface area contributed by atoms with Gasteiger partial charge < -0.3 is 10.1 Å². The molecule has 2 rings (SSSR count). The van der Waals surface area contributed by atoms with Crippen molar-refractivity contribution in [1.82, 2.24) is 15.3 Å². The Labute approximate surface area is 131 Å². The average Bonchev–Trinajstić information content (AvgIpc) is 2.45. The van der Waals surface area contributed by atoms with Crippen molar-refractivity contribution in [2.75, 3.05) is 13.7 Å². The van der Waals surface area contributed by atoms with Crippen LogP contribution < -0.4 is 10.1 Å². The first-order valence-corrected chi connectivity index (χ1v) is 7.37. The van der Waals surface area contributed by atoms with Gasteiger partial charge in [-0.3, -0.25) is 4.98 Å². The lowest BCUT2D eigenvalue weighted by Gasteiger charge is -2.20. The molecule has 1 unspecified atom stereocenters.